The fourth-order valence-corrected chi connectivity index (χ4v) is 4.84. The summed E-state index contributed by atoms with van der Waals surface area (Å²) in [5.74, 6) is -0.0858. The van der Waals surface area contributed by atoms with Crippen LogP contribution in [0.3, 0.4) is 0 Å². The first-order valence-electron chi connectivity index (χ1n) is 9.66. The van der Waals surface area contributed by atoms with Crippen LogP contribution in [0.1, 0.15) is 33.3 Å². The first-order chi connectivity index (χ1) is 15.3. The van der Waals surface area contributed by atoms with E-state index in [0.29, 0.717) is 33.2 Å². The number of hydrazone groups is 1. The van der Waals surface area contributed by atoms with Crippen molar-refractivity contribution in [2.24, 2.45) is 5.10 Å². The Morgan fingerprint density at radius 3 is 2.66 bits per heavy atom. The average molecular weight is 472 g/mol. The number of para-hydroxylation sites is 2. The van der Waals surface area contributed by atoms with E-state index in [-0.39, 0.29) is 18.1 Å². The quantitative estimate of drug-likeness (QED) is 0.568. The smallest absolute Gasteiger partial charge is 0.284 e. The lowest BCUT2D eigenvalue weighted by Gasteiger charge is -2.23. The molecule has 1 aromatic heterocycles. The number of ether oxygens (including phenoxy) is 1. The molecule has 0 bridgehead atoms. The maximum Gasteiger partial charge on any atom is 0.284 e. The number of thiophene rings is 1. The molecule has 0 fully saturated rings. The number of carbonyl (C=O) groups is 1. The minimum atomic E-state index is -3.52. The number of amides is 1. The van der Waals surface area contributed by atoms with Crippen LogP contribution in [-0.4, -0.2) is 43.5 Å². The highest BCUT2D eigenvalue weighted by Crippen LogP contribution is 2.42. The first-order valence-corrected chi connectivity index (χ1v) is 12.4. The van der Waals surface area contributed by atoms with Crippen molar-refractivity contribution in [2.45, 2.75) is 12.5 Å². The topological polar surface area (TPSA) is 108 Å². The minimum Gasteiger partial charge on any atom is -0.504 e. The third kappa shape index (κ3) is 4.32. The summed E-state index contributed by atoms with van der Waals surface area (Å²) in [6, 6.07) is 14.8. The normalized spacial score (nSPS) is 16.0. The van der Waals surface area contributed by atoms with Gasteiger partial charge in [0.05, 0.1) is 35.7 Å². The second-order valence-corrected chi connectivity index (χ2v) is 9.91. The van der Waals surface area contributed by atoms with E-state index in [2.05, 4.69) is 9.82 Å². The number of phenols is 1. The summed E-state index contributed by atoms with van der Waals surface area (Å²) in [6.45, 7) is 0. The molecule has 8 nitrogen and oxygen atoms in total. The SMILES string of the molecule is COc1cccc(C2CC(c3ccccc3NS(C)(=O)=O)=NN2C(=O)c2cccs2)c1O. The molecule has 0 saturated heterocycles. The average Bonchev–Trinajstić information content (AvgIpc) is 3.43. The standard InChI is InChI=1S/C22H21N3O5S2/c1-30-19-10-5-8-15(21(19)26)18-13-17(23-25(18)22(27)20-11-6-12-31-20)14-7-3-4-9-16(14)24-32(2,28)29/h3-12,18,24,26H,13H2,1-2H3. The largest absolute Gasteiger partial charge is 0.504 e. The number of nitrogens with one attached hydrogen (secondary N) is 1. The number of carbonyl (C=O) groups excluding carboxylic acids is 1. The number of aromatic hydroxyl groups is 1. The Kier molecular flexibility index (Phi) is 5.90. The van der Waals surface area contributed by atoms with Gasteiger partial charge in [0.25, 0.3) is 5.91 Å². The Morgan fingerprint density at radius 2 is 1.97 bits per heavy atom. The Labute approximate surface area is 189 Å². The summed E-state index contributed by atoms with van der Waals surface area (Å²) in [6.07, 6.45) is 1.35. The lowest BCUT2D eigenvalue weighted by molar-refractivity contribution is 0.0714. The van der Waals surface area contributed by atoms with E-state index in [1.54, 1.807) is 60.0 Å². The molecule has 0 aliphatic carbocycles. The molecule has 0 radical (unpaired) electrons. The summed E-state index contributed by atoms with van der Waals surface area (Å²) in [4.78, 5) is 13.8. The van der Waals surface area contributed by atoms with Gasteiger partial charge in [-0.15, -0.1) is 11.3 Å². The van der Waals surface area contributed by atoms with Crippen LogP contribution in [0.25, 0.3) is 0 Å². The fourth-order valence-electron chi connectivity index (χ4n) is 3.61. The van der Waals surface area contributed by atoms with Crippen LogP contribution in [0.4, 0.5) is 5.69 Å². The summed E-state index contributed by atoms with van der Waals surface area (Å²) >= 11 is 1.30. The summed E-state index contributed by atoms with van der Waals surface area (Å²) < 4.78 is 31.4. The summed E-state index contributed by atoms with van der Waals surface area (Å²) in [5.41, 5.74) is 1.94. The Balaban J connectivity index is 1.80. The van der Waals surface area contributed by atoms with E-state index >= 15 is 0 Å². The lowest BCUT2D eigenvalue weighted by atomic mass is 9.96. The highest BCUT2D eigenvalue weighted by molar-refractivity contribution is 7.92. The van der Waals surface area contributed by atoms with Crippen molar-refractivity contribution in [2.75, 3.05) is 18.1 Å². The molecule has 0 saturated carbocycles. The van der Waals surface area contributed by atoms with Gasteiger partial charge in [-0.1, -0.05) is 36.4 Å². The summed E-state index contributed by atoms with van der Waals surface area (Å²) in [7, 11) is -2.06. The molecule has 1 atom stereocenters. The van der Waals surface area contributed by atoms with Crippen LogP contribution in [-0.2, 0) is 10.0 Å². The van der Waals surface area contributed by atoms with E-state index in [1.807, 2.05) is 0 Å². The molecule has 10 heteroatoms. The lowest BCUT2D eigenvalue weighted by Crippen LogP contribution is -2.26. The van der Waals surface area contributed by atoms with Crippen LogP contribution in [0.15, 0.2) is 65.1 Å². The Morgan fingerprint density at radius 1 is 1.19 bits per heavy atom. The molecule has 0 spiro atoms. The van der Waals surface area contributed by atoms with Crippen molar-refractivity contribution in [3.05, 3.63) is 76.0 Å². The van der Waals surface area contributed by atoms with E-state index < -0.39 is 16.1 Å². The van der Waals surface area contributed by atoms with E-state index in [9.17, 15) is 18.3 Å². The van der Waals surface area contributed by atoms with Gasteiger partial charge in [-0.05, 0) is 23.6 Å². The maximum atomic E-state index is 13.3. The van der Waals surface area contributed by atoms with Crippen LogP contribution < -0.4 is 9.46 Å². The fraction of sp³-hybridized carbons (Fsp3) is 0.182. The molecule has 1 unspecified atom stereocenters. The van der Waals surface area contributed by atoms with E-state index in [1.165, 1.54) is 23.5 Å². The number of benzene rings is 2. The highest BCUT2D eigenvalue weighted by atomic mass is 32.2. The zero-order valence-electron chi connectivity index (χ0n) is 17.3. The highest BCUT2D eigenvalue weighted by Gasteiger charge is 2.36. The molecule has 1 aliphatic heterocycles. The van der Waals surface area contributed by atoms with Gasteiger partial charge >= 0.3 is 0 Å². The van der Waals surface area contributed by atoms with Gasteiger partial charge in [0, 0.05) is 17.5 Å². The zero-order chi connectivity index (χ0) is 22.9. The molecule has 2 N–H and O–H groups in total. The van der Waals surface area contributed by atoms with Crippen LogP contribution >= 0.6 is 11.3 Å². The van der Waals surface area contributed by atoms with Crippen molar-refractivity contribution in [3.63, 3.8) is 0 Å². The molecular formula is C22H21N3O5S2. The van der Waals surface area contributed by atoms with Crippen molar-refractivity contribution in [1.82, 2.24) is 5.01 Å². The molecule has 3 aromatic rings. The van der Waals surface area contributed by atoms with Gasteiger partial charge in [-0.3, -0.25) is 9.52 Å². The maximum absolute atomic E-state index is 13.3. The number of anilines is 1. The molecule has 32 heavy (non-hydrogen) atoms. The third-order valence-corrected chi connectivity index (χ3v) is 6.44. The predicted molar refractivity (Wildman–Crippen MR) is 124 cm³/mol. The molecule has 1 amide bonds. The first kappa shape index (κ1) is 21.8. The van der Waals surface area contributed by atoms with Gasteiger partial charge in [-0.2, -0.15) is 5.10 Å². The van der Waals surface area contributed by atoms with Crippen LogP contribution in [0.2, 0.25) is 0 Å². The van der Waals surface area contributed by atoms with Gasteiger partial charge in [0.1, 0.15) is 0 Å². The number of nitrogens with zero attached hydrogens (tertiary/aromatic N) is 2. The Hall–Kier alpha value is -3.37. The monoisotopic (exact) mass is 471 g/mol. The number of hydrogen-bond donors (Lipinski definition) is 2. The molecule has 1 aliphatic rings. The van der Waals surface area contributed by atoms with Crippen LogP contribution in [0, 0.1) is 0 Å². The van der Waals surface area contributed by atoms with E-state index in [0.717, 1.165) is 6.26 Å². The van der Waals surface area contributed by atoms with E-state index in [4.69, 9.17) is 4.74 Å². The van der Waals surface area contributed by atoms with Gasteiger partial charge in [-0.25, -0.2) is 13.4 Å². The second kappa shape index (κ2) is 8.64. The second-order valence-electron chi connectivity index (χ2n) is 7.21. The molecule has 4 rings (SSSR count). The molecule has 2 aromatic carbocycles. The molecular weight excluding hydrogens is 450 g/mol. The Bertz CT molecular complexity index is 1290. The van der Waals surface area contributed by atoms with Crippen LogP contribution in [0.5, 0.6) is 11.5 Å². The van der Waals surface area contributed by atoms with Crippen molar-refractivity contribution < 1.29 is 23.1 Å². The predicted octanol–water partition coefficient (Wildman–Crippen LogP) is 3.83. The van der Waals surface area contributed by atoms with Gasteiger partial charge in [0.2, 0.25) is 10.0 Å². The third-order valence-electron chi connectivity index (χ3n) is 4.99. The van der Waals surface area contributed by atoms with Crippen molar-refractivity contribution in [3.8, 4) is 11.5 Å². The summed E-state index contributed by atoms with van der Waals surface area (Å²) in [5, 5.41) is 18.5. The number of hydrogen-bond acceptors (Lipinski definition) is 7. The number of methoxy groups -OCH3 is 1. The zero-order valence-corrected chi connectivity index (χ0v) is 19.0. The van der Waals surface area contributed by atoms with Crippen molar-refractivity contribution in [1.29, 1.82) is 0 Å². The van der Waals surface area contributed by atoms with Gasteiger partial charge < -0.3 is 9.84 Å². The number of phenolic OH excluding ortho intramolecular Hbond substituents is 1. The molecule has 2 heterocycles. The number of rotatable bonds is 6. The minimum absolute atomic E-state index is 0.0667. The van der Waals surface area contributed by atoms with Crippen molar-refractivity contribution >= 4 is 38.7 Å². The molecule has 166 valence electrons. The number of sulfonamides is 1. The van der Waals surface area contributed by atoms with Gasteiger partial charge in [0.15, 0.2) is 11.5 Å².